The van der Waals surface area contributed by atoms with E-state index in [1.165, 1.54) is 0 Å². The molecule has 5 heteroatoms. The van der Waals surface area contributed by atoms with Crippen LogP contribution in [0.3, 0.4) is 0 Å². The van der Waals surface area contributed by atoms with Crippen molar-refractivity contribution in [3.63, 3.8) is 0 Å². The summed E-state index contributed by atoms with van der Waals surface area (Å²) in [6, 6.07) is 9.97. The third kappa shape index (κ3) is 3.20. The highest BCUT2D eigenvalue weighted by molar-refractivity contribution is 9.10. The van der Waals surface area contributed by atoms with Crippen LogP contribution in [0, 0.1) is 6.92 Å². The molecular weight excluding hydrogens is 308 g/mol. The summed E-state index contributed by atoms with van der Waals surface area (Å²) in [7, 11) is 0. The Morgan fingerprint density at radius 2 is 1.88 bits per heavy atom. The van der Waals surface area contributed by atoms with Gasteiger partial charge in [-0.2, -0.15) is 0 Å². The highest BCUT2D eigenvalue weighted by atomic mass is 79.9. The molecule has 0 atom stereocenters. The Balaban J connectivity index is 2.23. The van der Waals surface area contributed by atoms with Crippen LogP contribution in [0.4, 0.5) is 0 Å². The third-order valence-corrected chi connectivity index (χ3v) is 3.46. The van der Waals surface area contributed by atoms with Crippen LogP contribution in [0.15, 0.2) is 44.7 Å². The van der Waals surface area contributed by atoms with E-state index in [0.717, 1.165) is 20.1 Å². The van der Waals surface area contributed by atoms with Gasteiger partial charge in [-0.3, -0.25) is 0 Å². The van der Waals surface area contributed by atoms with Crippen LogP contribution in [0.25, 0.3) is 0 Å². The second-order valence-corrected chi connectivity index (χ2v) is 5.52. The van der Waals surface area contributed by atoms with Crippen molar-refractivity contribution in [1.29, 1.82) is 0 Å². The molecule has 0 saturated carbocycles. The number of hydrogen-bond acceptors (Lipinski definition) is 3. The fourth-order valence-electron chi connectivity index (χ4n) is 1.18. The molecule has 0 fully saturated rings. The topological polar surface area (TPSA) is 25.8 Å². The maximum Gasteiger partial charge on any atom is 0.223 e. The quantitative estimate of drug-likeness (QED) is 0.608. The van der Waals surface area contributed by atoms with Crippen LogP contribution in [0.1, 0.15) is 5.69 Å². The average Bonchev–Trinajstić information content (AvgIpc) is 2.20. The van der Waals surface area contributed by atoms with E-state index in [4.69, 9.17) is 11.6 Å². The first-order valence-electron chi connectivity index (χ1n) is 4.58. The first kappa shape index (κ1) is 11.9. The highest BCUT2D eigenvalue weighted by Gasteiger charge is 2.02. The number of benzene rings is 1. The van der Waals surface area contributed by atoms with E-state index in [0.29, 0.717) is 5.28 Å². The van der Waals surface area contributed by atoms with Crippen molar-refractivity contribution in [3.8, 4) is 0 Å². The van der Waals surface area contributed by atoms with Gasteiger partial charge in [0.15, 0.2) is 0 Å². The Labute approximate surface area is 112 Å². The van der Waals surface area contributed by atoms with Gasteiger partial charge in [0.1, 0.15) is 5.03 Å². The van der Waals surface area contributed by atoms with Gasteiger partial charge in [-0.15, -0.1) is 0 Å². The summed E-state index contributed by atoms with van der Waals surface area (Å²) in [4.78, 5) is 9.30. The number of hydrogen-bond donors (Lipinski definition) is 0. The summed E-state index contributed by atoms with van der Waals surface area (Å²) >= 11 is 10.8. The van der Waals surface area contributed by atoms with E-state index in [2.05, 4.69) is 25.9 Å². The SMILES string of the molecule is Cc1cc(Sc2ccc(Br)cc2)nc(Cl)n1. The predicted molar refractivity (Wildman–Crippen MR) is 70.0 cm³/mol. The molecule has 1 heterocycles. The van der Waals surface area contributed by atoms with Crippen molar-refractivity contribution < 1.29 is 0 Å². The fourth-order valence-corrected chi connectivity index (χ4v) is 2.59. The van der Waals surface area contributed by atoms with Gasteiger partial charge in [0.25, 0.3) is 0 Å². The van der Waals surface area contributed by atoms with E-state index >= 15 is 0 Å². The molecule has 0 bridgehead atoms. The smallest absolute Gasteiger partial charge is 0.223 e. The summed E-state index contributed by atoms with van der Waals surface area (Å²) in [6.45, 7) is 1.90. The Kier molecular flexibility index (Phi) is 3.84. The minimum Gasteiger partial charge on any atom is -0.223 e. The van der Waals surface area contributed by atoms with Crippen LogP contribution in [0.5, 0.6) is 0 Å². The number of halogens is 2. The molecule has 0 amide bonds. The Bertz CT molecular complexity index is 482. The molecule has 1 aromatic heterocycles. The third-order valence-electron chi connectivity index (χ3n) is 1.84. The molecule has 0 spiro atoms. The molecule has 0 aliphatic heterocycles. The van der Waals surface area contributed by atoms with Gasteiger partial charge in [0.2, 0.25) is 5.28 Å². The molecule has 0 radical (unpaired) electrons. The van der Waals surface area contributed by atoms with Crippen molar-refractivity contribution in [1.82, 2.24) is 9.97 Å². The monoisotopic (exact) mass is 314 g/mol. The first-order valence-corrected chi connectivity index (χ1v) is 6.57. The zero-order valence-corrected chi connectivity index (χ0v) is 11.6. The lowest BCUT2D eigenvalue weighted by atomic mass is 10.4. The van der Waals surface area contributed by atoms with E-state index < -0.39 is 0 Å². The van der Waals surface area contributed by atoms with E-state index in [1.54, 1.807) is 11.8 Å². The zero-order chi connectivity index (χ0) is 11.5. The molecule has 2 rings (SSSR count). The second kappa shape index (κ2) is 5.17. The van der Waals surface area contributed by atoms with Gasteiger partial charge in [0, 0.05) is 15.1 Å². The summed E-state index contributed by atoms with van der Waals surface area (Å²) in [6.07, 6.45) is 0. The Morgan fingerprint density at radius 1 is 1.19 bits per heavy atom. The van der Waals surface area contributed by atoms with E-state index in [9.17, 15) is 0 Å². The Morgan fingerprint density at radius 3 is 2.50 bits per heavy atom. The second-order valence-electron chi connectivity index (χ2n) is 3.17. The highest BCUT2D eigenvalue weighted by Crippen LogP contribution is 2.28. The molecule has 2 nitrogen and oxygen atoms in total. The summed E-state index contributed by atoms with van der Waals surface area (Å²) < 4.78 is 1.06. The van der Waals surface area contributed by atoms with Crippen molar-refractivity contribution in [3.05, 3.63) is 45.8 Å². The van der Waals surface area contributed by atoms with Crippen molar-refractivity contribution in [2.45, 2.75) is 16.8 Å². The number of aryl methyl sites for hydroxylation is 1. The number of aromatic nitrogens is 2. The lowest BCUT2D eigenvalue weighted by molar-refractivity contribution is 1.01. The van der Waals surface area contributed by atoms with Gasteiger partial charge < -0.3 is 0 Å². The molecule has 0 aliphatic carbocycles. The summed E-state index contributed by atoms with van der Waals surface area (Å²) in [5, 5.41) is 1.15. The Hall–Kier alpha value is -0.580. The van der Waals surface area contributed by atoms with E-state index in [1.807, 2.05) is 37.3 Å². The van der Waals surface area contributed by atoms with E-state index in [-0.39, 0.29) is 0 Å². The van der Waals surface area contributed by atoms with Crippen LogP contribution in [0.2, 0.25) is 5.28 Å². The number of rotatable bonds is 2. The van der Waals surface area contributed by atoms with Gasteiger partial charge in [-0.25, -0.2) is 9.97 Å². The lowest BCUT2D eigenvalue weighted by Crippen LogP contribution is -1.88. The van der Waals surface area contributed by atoms with Crippen LogP contribution in [-0.2, 0) is 0 Å². The standard InChI is InChI=1S/C11H8BrClN2S/c1-7-6-10(15-11(13)14-7)16-9-4-2-8(12)3-5-9/h2-6H,1H3. The fraction of sp³-hybridized carbons (Fsp3) is 0.0909. The van der Waals surface area contributed by atoms with Crippen LogP contribution < -0.4 is 0 Å². The van der Waals surface area contributed by atoms with Gasteiger partial charge in [-0.1, -0.05) is 27.7 Å². The van der Waals surface area contributed by atoms with Crippen molar-refractivity contribution in [2.75, 3.05) is 0 Å². The van der Waals surface area contributed by atoms with Crippen molar-refractivity contribution >= 4 is 39.3 Å². The minimum absolute atomic E-state index is 0.291. The average molecular weight is 316 g/mol. The predicted octanol–water partition coefficient (Wildman–Crippen LogP) is 4.35. The summed E-state index contributed by atoms with van der Waals surface area (Å²) in [5.74, 6) is 0. The maximum absolute atomic E-state index is 5.80. The van der Waals surface area contributed by atoms with Gasteiger partial charge in [0.05, 0.1) is 0 Å². The molecule has 1 aromatic carbocycles. The molecule has 16 heavy (non-hydrogen) atoms. The van der Waals surface area contributed by atoms with Crippen molar-refractivity contribution in [2.24, 2.45) is 0 Å². The summed E-state index contributed by atoms with van der Waals surface area (Å²) in [5.41, 5.74) is 0.875. The lowest BCUT2D eigenvalue weighted by Gasteiger charge is -2.02. The molecule has 0 N–H and O–H groups in total. The molecule has 82 valence electrons. The van der Waals surface area contributed by atoms with Gasteiger partial charge in [-0.05, 0) is 48.9 Å². The largest absolute Gasteiger partial charge is 0.223 e. The number of nitrogens with zero attached hydrogens (tertiary/aromatic N) is 2. The molecule has 0 aliphatic rings. The van der Waals surface area contributed by atoms with Gasteiger partial charge >= 0.3 is 0 Å². The zero-order valence-electron chi connectivity index (χ0n) is 8.45. The van der Waals surface area contributed by atoms with Crippen LogP contribution >= 0.6 is 39.3 Å². The van der Waals surface area contributed by atoms with Crippen LogP contribution in [-0.4, -0.2) is 9.97 Å². The maximum atomic E-state index is 5.80. The molecule has 2 aromatic rings. The molecule has 0 unspecified atom stereocenters. The molecular formula is C11H8BrClN2S. The normalized spacial score (nSPS) is 10.4. The minimum atomic E-state index is 0.291. The molecule has 0 saturated heterocycles. The first-order chi connectivity index (χ1) is 7.63.